The highest BCUT2D eigenvalue weighted by atomic mass is 19.1. The Kier molecular flexibility index (Phi) is 14.5. The van der Waals surface area contributed by atoms with Crippen LogP contribution < -0.4 is 0 Å². The van der Waals surface area contributed by atoms with Crippen LogP contribution in [0, 0.1) is 17.8 Å². The van der Waals surface area contributed by atoms with Gasteiger partial charge < -0.3 is 38.6 Å². The van der Waals surface area contributed by atoms with Crippen molar-refractivity contribution in [3.63, 3.8) is 0 Å². The molecule has 0 radical (unpaired) electrons. The molecule has 2 aromatic heterocycles. The predicted octanol–water partition coefficient (Wildman–Crippen LogP) is 4.15. The van der Waals surface area contributed by atoms with Crippen LogP contribution in [-0.2, 0) is 51.2 Å². The lowest BCUT2D eigenvalue weighted by Gasteiger charge is -2.47. The highest BCUT2D eigenvalue weighted by Gasteiger charge is 2.61. The number of Topliss-reactive ketones (excluding diaryl/α,β-unsaturated/α-hetero) is 2. The smallest absolute Gasteiger partial charge is 0.410 e. The second kappa shape index (κ2) is 19.0. The Balaban J connectivity index is 1.25. The quantitative estimate of drug-likeness (QED) is 0.154. The van der Waals surface area contributed by atoms with E-state index in [1.165, 1.54) is 18.9 Å². The van der Waals surface area contributed by atoms with Gasteiger partial charge in [-0.2, -0.15) is 0 Å². The van der Waals surface area contributed by atoms with Crippen LogP contribution in [0.1, 0.15) is 93.2 Å². The molecule has 18 nitrogen and oxygen atoms in total. The minimum atomic E-state index is -3.19. The second-order valence-corrected chi connectivity index (χ2v) is 18.5. The van der Waals surface area contributed by atoms with Gasteiger partial charge in [-0.15, -0.1) is 10.2 Å². The van der Waals surface area contributed by atoms with Gasteiger partial charge in [0.05, 0.1) is 42.1 Å². The Labute approximate surface area is 368 Å². The topological polar surface area (TPSA) is 203 Å². The number of aryl methyl sites for hydroxylation is 1. The number of hydrogen-bond donors (Lipinski definition) is 1. The molecule has 13 atom stereocenters. The standard InChI is InChI=1S/C44H65FN8O10/c1-12-33-44(8)36(52(41(58)63-44)20-16-15-19-51-23-29(46-48-51)24-53-31-18-14-13-17-30(31)47-49-53)27(4)34(54)25(2)22-42(6,59-11)38(28(5)37(56)43(7,45)40(57)61-33)62-39-35(55)32(50(9)10)21-26(3)60-39/h13-14,17-18,23,25-28,32-33,35-36,38-39,55H,12,15-16,19-22,24H2,1-11H3/t25-,26?,27+,28+,32?,33-,35?,36-,38-,39?,42+,43+,44-/m1/s1. The Hall–Kier alpha value is -4.43. The summed E-state index contributed by atoms with van der Waals surface area (Å²) in [5, 5.41) is 28.4. The number of ketones is 2. The van der Waals surface area contributed by atoms with Gasteiger partial charge in [0.15, 0.2) is 17.7 Å². The molecular formula is C44H65FN8O10. The van der Waals surface area contributed by atoms with Gasteiger partial charge in [-0.3, -0.25) is 14.3 Å². The fraction of sp³-hybridized carbons (Fsp3) is 0.727. The molecule has 3 aliphatic heterocycles. The molecule has 3 aromatic rings. The van der Waals surface area contributed by atoms with Crippen LogP contribution in [0.15, 0.2) is 30.5 Å². The molecule has 1 amide bonds. The maximum Gasteiger partial charge on any atom is 0.410 e. The number of carbonyl (C=O) groups is 4. The molecule has 0 bridgehead atoms. The number of aromatic nitrogens is 6. The van der Waals surface area contributed by atoms with E-state index >= 15 is 4.39 Å². The first-order valence-corrected chi connectivity index (χ1v) is 22.0. The number of alkyl halides is 1. The number of fused-ring (bicyclic) bond motifs is 2. The summed E-state index contributed by atoms with van der Waals surface area (Å²) in [5.41, 5.74) is -3.91. The number of ether oxygens (including phenoxy) is 5. The van der Waals surface area contributed by atoms with Crippen molar-refractivity contribution in [1.29, 1.82) is 0 Å². The summed E-state index contributed by atoms with van der Waals surface area (Å²) in [7, 11) is 5.04. The van der Waals surface area contributed by atoms with Crippen molar-refractivity contribution < 1.29 is 52.4 Å². The van der Waals surface area contributed by atoms with Crippen molar-refractivity contribution in [2.45, 2.75) is 160 Å². The number of aliphatic hydroxyl groups excluding tert-OH is 1. The lowest BCUT2D eigenvalue weighted by atomic mass is 9.73. The summed E-state index contributed by atoms with van der Waals surface area (Å²) in [4.78, 5) is 60.3. The van der Waals surface area contributed by atoms with Gasteiger partial charge in [-0.05, 0) is 86.0 Å². The van der Waals surface area contributed by atoms with Crippen molar-refractivity contribution >= 4 is 34.7 Å². The first-order chi connectivity index (χ1) is 29.7. The third-order valence-corrected chi connectivity index (χ3v) is 13.5. The highest BCUT2D eigenvalue weighted by molar-refractivity contribution is 6.08. The molecule has 1 aromatic carbocycles. The lowest BCUT2D eigenvalue weighted by Crippen LogP contribution is -2.61. The zero-order valence-electron chi connectivity index (χ0n) is 38.4. The van der Waals surface area contributed by atoms with Gasteiger partial charge in [0.1, 0.15) is 29.2 Å². The number of methoxy groups -OCH3 is 1. The number of para-hydroxylation sites is 1. The van der Waals surface area contributed by atoms with Gasteiger partial charge in [-0.25, -0.2) is 18.7 Å². The summed E-state index contributed by atoms with van der Waals surface area (Å²) >= 11 is 0. The van der Waals surface area contributed by atoms with Crippen molar-refractivity contribution in [1.82, 2.24) is 39.8 Å². The molecule has 4 unspecified atom stereocenters. The fourth-order valence-corrected chi connectivity index (χ4v) is 9.98. The fourth-order valence-electron chi connectivity index (χ4n) is 9.98. The largest absolute Gasteiger partial charge is 0.455 e. The van der Waals surface area contributed by atoms with Gasteiger partial charge in [0.25, 0.3) is 5.67 Å². The number of benzene rings is 1. The number of unbranched alkanes of at least 4 members (excludes halogenated alkanes) is 1. The first-order valence-electron chi connectivity index (χ1n) is 22.0. The Bertz CT molecular complexity index is 2110. The Morgan fingerprint density at radius 2 is 1.68 bits per heavy atom. The van der Waals surface area contributed by atoms with Crippen LogP contribution >= 0.6 is 0 Å². The van der Waals surface area contributed by atoms with E-state index in [4.69, 9.17) is 23.7 Å². The number of likely N-dealkylation sites (N-methyl/N-ethyl adjacent to an activating group) is 1. The molecular weight excluding hydrogens is 820 g/mol. The molecule has 6 rings (SSSR count). The van der Waals surface area contributed by atoms with E-state index in [0.29, 0.717) is 38.0 Å². The summed E-state index contributed by atoms with van der Waals surface area (Å²) in [5.74, 6) is -5.87. The molecule has 0 saturated carbocycles. The van der Waals surface area contributed by atoms with Crippen LogP contribution in [0.3, 0.4) is 0 Å². The van der Waals surface area contributed by atoms with E-state index in [9.17, 15) is 24.3 Å². The number of cyclic esters (lactones) is 1. The van der Waals surface area contributed by atoms with E-state index < -0.39 is 83.1 Å². The molecule has 1 N–H and O–H groups in total. The van der Waals surface area contributed by atoms with Crippen LogP contribution in [0.4, 0.5) is 9.18 Å². The molecule has 348 valence electrons. The number of halogens is 1. The number of esters is 1. The van der Waals surface area contributed by atoms with Crippen LogP contribution in [0.5, 0.6) is 0 Å². The molecule has 0 spiro atoms. The maximum atomic E-state index is 16.9. The van der Waals surface area contributed by atoms with Crippen molar-refractivity contribution in [2.24, 2.45) is 17.8 Å². The van der Waals surface area contributed by atoms with E-state index in [1.54, 1.807) is 44.0 Å². The lowest BCUT2D eigenvalue weighted by molar-refractivity contribution is -0.295. The SMILES string of the molecule is CC[C@H]1OC(=O)[C@@](C)(F)C(=O)[C@H](C)[C@@H](OC2OC(C)CC(N(C)C)C2O)[C@@](C)(OC)C[C@@H](C)C(=O)[C@H](C)[C@H]2N(CCCCn3cc(Cn4nnc5ccccc54)nn3)C(=O)O[C@]12C. The third-order valence-electron chi connectivity index (χ3n) is 13.5. The number of hydrogen-bond acceptors (Lipinski definition) is 15. The molecule has 3 saturated heterocycles. The predicted molar refractivity (Wildman–Crippen MR) is 226 cm³/mol. The average Bonchev–Trinajstić information content (AvgIpc) is 3.95. The number of aliphatic hydroxyl groups is 1. The van der Waals surface area contributed by atoms with E-state index in [1.807, 2.05) is 56.4 Å². The number of rotatable bonds is 12. The zero-order chi connectivity index (χ0) is 46.2. The van der Waals surface area contributed by atoms with Crippen molar-refractivity contribution in [2.75, 3.05) is 27.7 Å². The zero-order valence-corrected chi connectivity index (χ0v) is 38.4. The maximum absolute atomic E-state index is 16.9. The van der Waals surface area contributed by atoms with Crippen LogP contribution in [0.25, 0.3) is 11.0 Å². The normalized spacial score (nSPS) is 36.1. The molecule has 0 aliphatic carbocycles. The molecule has 19 heteroatoms. The molecule has 63 heavy (non-hydrogen) atoms. The van der Waals surface area contributed by atoms with Gasteiger partial charge in [-0.1, -0.05) is 50.3 Å². The van der Waals surface area contributed by atoms with Crippen molar-refractivity contribution in [3.8, 4) is 0 Å². The monoisotopic (exact) mass is 884 g/mol. The molecule has 5 heterocycles. The van der Waals surface area contributed by atoms with E-state index in [2.05, 4.69) is 20.6 Å². The first kappa shape index (κ1) is 48.0. The number of amides is 1. The molecule has 3 fully saturated rings. The average molecular weight is 885 g/mol. The highest BCUT2D eigenvalue weighted by Crippen LogP contribution is 2.44. The molecule has 3 aliphatic rings. The Morgan fingerprint density at radius 1 is 0.984 bits per heavy atom. The third kappa shape index (κ3) is 9.53. The van der Waals surface area contributed by atoms with Crippen LogP contribution in [-0.4, -0.2) is 156 Å². The minimum absolute atomic E-state index is 0.0135. The summed E-state index contributed by atoms with van der Waals surface area (Å²) < 4.78 is 51.0. The number of carbonyl (C=O) groups excluding carboxylic acids is 4. The van der Waals surface area contributed by atoms with Gasteiger partial charge >= 0.3 is 12.1 Å². The van der Waals surface area contributed by atoms with Crippen molar-refractivity contribution in [3.05, 3.63) is 36.2 Å². The van der Waals surface area contributed by atoms with Crippen LogP contribution in [0.2, 0.25) is 0 Å². The van der Waals surface area contributed by atoms with E-state index in [-0.39, 0.29) is 37.3 Å². The second-order valence-electron chi connectivity index (χ2n) is 18.5. The number of nitrogens with zero attached hydrogens (tertiary/aromatic N) is 8. The van der Waals surface area contributed by atoms with Gasteiger partial charge in [0.2, 0.25) is 0 Å². The van der Waals surface area contributed by atoms with Gasteiger partial charge in [0, 0.05) is 44.0 Å². The summed E-state index contributed by atoms with van der Waals surface area (Å²) in [6.45, 7) is 13.5. The summed E-state index contributed by atoms with van der Waals surface area (Å²) in [6.07, 6.45) is -2.59. The van der Waals surface area contributed by atoms with E-state index in [0.717, 1.165) is 18.0 Å². The Morgan fingerprint density at radius 3 is 2.37 bits per heavy atom. The minimum Gasteiger partial charge on any atom is -0.455 e. The summed E-state index contributed by atoms with van der Waals surface area (Å²) in [6, 6.07) is 6.32.